The van der Waals surface area contributed by atoms with Crippen molar-refractivity contribution in [3.8, 4) is 0 Å². The minimum atomic E-state index is -4.69. The second kappa shape index (κ2) is 4.97. The van der Waals surface area contributed by atoms with E-state index >= 15 is 0 Å². The molecule has 10 heteroatoms. The third kappa shape index (κ3) is 3.16. The van der Waals surface area contributed by atoms with Crippen molar-refractivity contribution in [2.75, 3.05) is 17.2 Å². The summed E-state index contributed by atoms with van der Waals surface area (Å²) in [5.74, 6) is -3.36. The van der Waals surface area contributed by atoms with E-state index in [-0.39, 0.29) is 18.8 Å². The van der Waals surface area contributed by atoms with E-state index in [9.17, 15) is 21.5 Å². The zero-order valence-corrected chi connectivity index (χ0v) is 11.0. The maximum Gasteiger partial charge on any atom is 0.302 e. The lowest BCUT2D eigenvalue weighted by Gasteiger charge is -2.15. The molecule has 0 spiro atoms. The minimum Gasteiger partial charge on any atom is -0.294 e. The molecule has 2 heterocycles. The van der Waals surface area contributed by atoms with Gasteiger partial charge in [-0.25, -0.2) is 9.97 Å². The van der Waals surface area contributed by atoms with Crippen LogP contribution in [0.15, 0.2) is 6.33 Å². The number of carbonyl (C=O) groups is 1. The Labute approximate surface area is 112 Å². The largest absolute Gasteiger partial charge is 0.302 e. The molecular formula is C9H8ClF2N3O3S. The van der Waals surface area contributed by atoms with Gasteiger partial charge in [0.25, 0.3) is 0 Å². The SMILES string of the molecule is O=C1CC(CS(=O)(=O)F)CN1c1ncnc(Cl)c1F. The normalized spacial score (nSPS) is 20.1. The quantitative estimate of drug-likeness (QED) is 0.612. The first-order valence-corrected chi connectivity index (χ1v) is 7.09. The van der Waals surface area contributed by atoms with Gasteiger partial charge >= 0.3 is 10.2 Å². The lowest BCUT2D eigenvalue weighted by atomic mass is 10.1. The summed E-state index contributed by atoms with van der Waals surface area (Å²) in [6, 6.07) is 0. The van der Waals surface area contributed by atoms with Crippen LogP contribution in [-0.4, -0.2) is 36.6 Å². The Morgan fingerprint density at radius 1 is 1.47 bits per heavy atom. The molecule has 1 aliphatic heterocycles. The first kappa shape index (κ1) is 14.1. The number of aromatic nitrogens is 2. The van der Waals surface area contributed by atoms with Crippen LogP contribution in [0, 0.1) is 11.7 Å². The van der Waals surface area contributed by atoms with Crippen molar-refractivity contribution in [3.63, 3.8) is 0 Å². The Hall–Kier alpha value is -1.35. The van der Waals surface area contributed by atoms with Gasteiger partial charge in [0, 0.05) is 18.9 Å². The number of rotatable bonds is 3. The molecule has 0 bridgehead atoms. The molecule has 19 heavy (non-hydrogen) atoms. The van der Waals surface area contributed by atoms with Gasteiger partial charge in [-0.1, -0.05) is 11.6 Å². The van der Waals surface area contributed by atoms with Gasteiger partial charge in [0.2, 0.25) is 11.7 Å². The summed E-state index contributed by atoms with van der Waals surface area (Å²) in [6.07, 6.45) is 0.789. The van der Waals surface area contributed by atoms with Crippen LogP contribution in [0.5, 0.6) is 0 Å². The number of hydrogen-bond donors (Lipinski definition) is 0. The van der Waals surface area contributed by atoms with Crippen LogP contribution in [0.1, 0.15) is 6.42 Å². The predicted molar refractivity (Wildman–Crippen MR) is 62.4 cm³/mol. The van der Waals surface area contributed by atoms with Gasteiger partial charge in [-0.3, -0.25) is 9.69 Å². The average Bonchev–Trinajstić information content (AvgIpc) is 2.61. The molecule has 1 atom stereocenters. The first-order chi connectivity index (χ1) is 8.78. The van der Waals surface area contributed by atoms with Crippen LogP contribution in [0.25, 0.3) is 0 Å². The summed E-state index contributed by atoms with van der Waals surface area (Å²) in [7, 11) is -4.69. The van der Waals surface area contributed by atoms with E-state index in [2.05, 4.69) is 9.97 Å². The topological polar surface area (TPSA) is 80.2 Å². The molecule has 0 saturated carbocycles. The number of amides is 1. The molecule has 0 aliphatic carbocycles. The molecule has 0 aromatic carbocycles. The Bertz CT molecular complexity index is 625. The van der Waals surface area contributed by atoms with Crippen LogP contribution in [0.2, 0.25) is 5.15 Å². The zero-order valence-electron chi connectivity index (χ0n) is 9.38. The summed E-state index contributed by atoms with van der Waals surface area (Å²) in [6.45, 7) is -0.133. The van der Waals surface area contributed by atoms with Gasteiger partial charge < -0.3 is 0 Å². The van der Waals surface area contributed by atoms with E-state index in [1.807, 2.05) is 0 Å². The molecule has 1 unspecified atom stereocenters. The molecule has 0 radical (unpaired) electrons. The smallest absolute Gasteiger partial charge is 0.294 e. The molecule has 1 aliphatic rings. The Kier molecular flexibility index (Phi) is 3.68. The van der Waals surface area contributed by atoms with Gasteiger partial charge in [-0.2, -0.15) is 12.8 Å². The maximum atomic E-state index is 13.6. The standard InChI is InChI=1S/C9H8ClF2N3O3S/c10-8-7(11)9(14-4-13-8)15-2-5(1-6(15)16)3-19(12,17)18/h4-5H,1-3H2. The van der Waals surface area contributed by atoms with Gasteiger partial charge in [-0.05, 0) is 0 Å². The van der Waals surface area contributed by atoms with E-state index in [4.69, 9.17) is 11.6 Å². The average molecular weight is 312 g/mol. The van der Waals surface area contributed by atoms with Crippen molar-refractivity contribution in [2.24, 2.45) is 5.92 Å². The van der Waals surface area contributed by atoms with Crippen molar-refractivity contribution < 1.29 is 21.5 Å². The summed E-state index contributed by atoms with van der Waals surface area (Å²) in [5, 5.41) is -0.445. The fourth-order valence-electron chi connectivity index (χ4n) is 1.91. The molecule has 1 amide bonds. The summed E-state index contributed by atoms with van der Waals surface area (Å²) < 4.78 is 47.3. The van der Waals surface area contributed by atoms with Crippen LogP contribution in [-0.2, 0) is 15.0 Å². The van der Waals surface area contributed by atoms with E-state index in [1.165, 1.54) is 0 Å². The highest BCUT2D eigenvalue weighted by Gasteiger charge is 2.35. The first-order valence-electron chi connectivity index (χ1n) is 5.16. The fourth-order valence-corrected chi connectivity index (χ4v) is 2.82. The third-order valence-corrected chi connectivity index (χ3v) is 3.76. The zero-order chi connectivity index (χ0) is 14.2. The Morgan fingerprint density at radius 2 is 2.16 bits per heavy atom. The number of nitrogens with zero attached hydrogens (tertiary/aromatic N) is 3. The highest BCUT2D eigenvalue weighted by Crippen LogP contribution is 2.28. The number of halogens is 3. The number of hydrogen-bond acceptors (Lipinski definition) is 5. The number of carbonyl (C=O) groups excluding carboxylic acids is 1. The monoisotopic (exact) mass is 311 g/mol. The Balaban J connectivity index is 2.23. The predicted octanol–water partition coefficient (Wildman–Crippen LogP) is 0.921. The molecule has 104 valence electrons. The molecule has 1 aromatic heterocycles. The van der Waals surface area contributed by atoms with Gasteiger partial charge in [0.15, 0.2) is 11.0 Å². The molecule has 1 fully saturated rings. The van der Waals surface area contributed by atoms with Crippen LogP contribution in [0.3, 0.4) is 0 Å². The fraction of sp³-hybridized carbons (Fsp3) is 0.444. The van der Waals surface area contributed by atoms with Crippen LogP contribution < -0.4 is 4.90 Å². The van der Waals surface area contributed by atoms with E-state index in [0.717, 1.165) is 11.2 Å². The highest BCUT2D eigenvalue weighted by atomic mass is 35.5. The lowest BCUT2D eigenvalue weighted by molar-refractivity contribution is -0.117. The van der Waals surface area contributed by atoms with Gasteiger partial charge in [0.1, 0.15) is 6.33 Å². The second-order valence-corrected chi connectivity index (χ2v) is 5.85. The van der Waals surface area contributed by atoms with Crippen molar-refractivity contribution in [3.05, 3.63) is 17.3 Å². The third-order valence-electron chi connectivity index (χ3n) is 2.62. The number of anilines is 1. The van der Waals surface area contributed by atoms with Gasteiger partial charge in [-0.15, -0.1) is 3.89 Å². The van der Waals surface area contributed by atoms with Crippen molar-refractivity contribution in [1.82, 2.24) is 9.97 Å². The van der Waals surface area contributed by atoms with Crippen molar-refractivity contribution >= 4 is 33.5 Å². The molecule has 1 saturated heterocycles. The summed E-state index contributed by atoms with van der Waals surface area (Å²) >= 11 is 5.46. The highest BCUT2D eigenvalue weighted by molar-refractivity contribution is 7.86. The van der Waals surface area contributed by atoms with E-state index < -0.39 is 38.8 Å². The molecule has 2 rings (SSSR count). The van der Waals surface area contributed by atoms with E-state index in [1.54, 1.807) is 0 Å². The summed E-state index contributed by atoms with van der Waals surface area (Å²) in [5.41, 5.74) is 0. The molecule has 6 nitrogen and oxygen atoms in total. The Morgan fingerprint density at radius 3 is 2.79 bits per heavy atom. The summed E-state index contributed by atoms with van der Waals surface area (Å²) in [4.78, 5) is 19.6. The molecule has 0 N–H and O–H groups in total. The molecular weight excluding hydrogens is 304 g/mol. The minimum absolute atomic E-state index is 0.133. The second-order valence-electron chi connectivity index (χ2n) is 4.08. The van der Waals surface area contributed by atoms with Crippen LogP contribution >= 0.6 is 11.6 Å². The lowest BCUT2D eigenvalue weighted by Crippen LogP contribution is -2.27. The van der Waals surface area contributed by atoms with Gasteiger partial charge in [0.05, 0.1) is 5.75 Å². The van der Waals surface area contributed by atoms with E-state index in [0.29, 0.717) is 0 Å². The molecule has 1 aromatic rings. The van der Waals surface area contributed by atoms with Crippen LogP contribution in [0.4, 0.5) is 14.1 Å². The maximum absolute atomic E-state index is 13.6. The van der Waals surface area contributed by atoms with Crippen molar-refractivity contribution in [2.45, 2.75) is 6.42 Å². The van der Waals surface area contributed by atoms with Crippen molar-refractivity contribution in [1.29, 1.82) is 0 Å².